The summed E-state index contributed by atoms with van der Waals surface area (Å²) in [4.78, 5) is 13.9. The second-order valence-corrected chi connectivity index (χ2v) is 7.92. The van der Waals surface area contributed by atoms with Gasteiger partial charge in [-0.25, -0.2) is 0 Å². The van der Waals surface area contributed by atoms with Crippen molar-refractivity contribution in [1.82, 2.24) is 4.90 Å². The van der Waals surface area contributed by atoms with Crippen molar-refractivity contribution in [2.75, 3.05) is 27.2 Å². The Kier molecular flexibility index (Phi) is 6.86. The number of likely N-dealkylation sites (N-methyl/N-ethyl adjacent to an activating group) is 1. The zero-order valence-corrected chi connectivity index (χ0v) is 17.7. The van der Waals surface area contributed by atoms with Crippen molar-refractivity contribution >= 4 is 22.9 Å². The monoisotopic (exact) mass is 407 g/mol. The van der Waals surface area contributed by atoms with Crippen LogP contribution < -0.4 is 4.74 Å². The Bertz CT molecular complexity index is 1000. The minimum Gasteiger partial charge on any atom is -0.497 e. The molecule has 29 heavy (non-hydrogen) atoms. The number of carboxylic acid groups (broad SMARTS) is 1. The molecule has 150 valence electrons. The molecular weight excluding hydrogens is 382 g/mol. The van der Waals surface area contributed by atoms with Gasteiger partial charge in [0.2, 0.25) is 0 Å². The van der Waals surface area contributed by atoms with Gasteiger partial charge in [0.1, 0.15) is 5.75 Å². The van der Waals surface area contributed by atoms with E-state index in [0.29, 0.717) is 6.54 Å². The lowest BCUT2D eigenvalue weighted by molar-refractivity contribution is -0.137. The van der Waals surface area contributed by atoms with Crippen molar-refractivity contribution in [2.45, 2.75) is 6.92 Å². The van der Waals surface area contributed by atoms with Gasteiger partial charge < -0.3 is 9.84 Å². The van der Waals surface area contributed by atoms with Crippen LogP contribution in [0.1, 0.15) is 16.0 Å². The maximum atomic E-state index is 10.9. The van der Waals surface area contributed by atoms with E-state index >= 15 is 0 Å². The number of hydrogen-bond donors (Lipinski definition) is 1. The summed E-state index contributed by atoms with van der Waals surface area (Å²) < 4.78 is 5.33. The first kappa shape index (κ1) is 20.8. The lowest BCUT2D eigenvalue weighted by Crippen LogP contribution is -2.25. The largest absolute Gasteiger partial charge is 0.497 e. The van der Waals surface area contributed by atoms with Crippen molar-refractivity contribution in [1.29, 1.82) is 0 Å². The molecule has 0 bridgehead atoms. The van der Waals surface area contributed by atoms with Crippen LogP contribution in [0.2, 0.25) is 0 Å². The van der Waals surface area contributed by atoms with Crippen molar-refractivity contribution in [3.63, 3.8) is 0 Å². The van der Waals surface area contributed by atoms with Gasteiger partial charge in [0.25, 0.3) is 0 Å². The molecule has 0 fully saturated rings. The molecule has 1 aromatic heterocycles. The van der Waals surface area contributed by atoms with Gasteiger partial charge in [-0.1, -0.05) is 42.5 Å². The number of aryl methyl sites for hydroxylation is 1. The molecule has 4 nitrogen and oxygen atoms in total. The molecular formula is C24H25NO3S. The van der Waals surface area contributed by atoms with Crippen LogP contribution in [0.5, 0.6) is 5.75 Å². The molecule has 0 aliphatic rings. The highest BCUT2D eigenvalue weighted by Crippen LogP contribution is 2.31. The third-order valence-corrected chi connectivity index (χ3v) is 5.69. The number of rotatable bonds is 8. The van der Waals surface area contributed by atoms with E-state index in [0.717, 1.165) is 28.0 Å². The molecule has 0 unspecified atom stereocenters. The molecule has 0 atom stereocenters. The lowest BCUT2D eigenvalue weighted by Gasteiger charge is -2.13. The van der Waals surface area contributed by atoms with Crippen LogP contribution in [0.25, 0.3) is 16.7 Å². The Labute approximate surface area is 175 Å². The summed E-state index contributed by atoms with van der Waals surface area (Å²) in [5.74, 6) is 0.0137. The van der Waals surface area contributed by atoms with Gasteiger partial charge in [-0.3, -0.25) is 9.69 Å². The van der Waals surface area contributed by atoms with E-state index in [1.807, 2.05) is 25.2 Å². The molecule has 1 heterocycles. The molecule has 1 N–H and O–H groups in total. The van der Waals surface area contributed by atoms with Crippen molar-refractivity contribution < 1.29 is 14.6 Å². The summed E-state index contributed by atoms with van der Waals surface area (Å²) in [6.07, 6.45) is 2.11. The highest BCUT2D eigenvalue weighted by atomic mass is 32.1. The predicted molar refractivity (Wildman–Crippen MR) is 120 cm³/mol. The van der Waals surface area contributed by atoms with Crippen LogP contribution in [0.15, 0.2) is 66.1 Å². The van der Waals surface area contributed by atoms with Crippen LogP contribution in [0, 0.1) is 6.92 Å². The Balaban J connectivity index is 1.90. The minimum absolute atomic E-state index is 0.0159. The van der Waals surface area contributed by atoms with Gasteiger partial charge >= 0.3 is 5.97 Å². The maximum Gasteiger partial charge on any atom is 0.317 e. The van der Waals surface area contributed by atoms with E-state index < -0.39 is 5.97 Å². The SMILES string of the molecule is COc1cccc(-c2ccc(/C(=C/CN(C)CC(=O)O)c3cc(C)cs3)cc2)c1. The molecule has 3 aromatic rings. The van der Waals surface area contributed by atoms with Crippen molar-refractivity contribution in [3.05, 3.63) is 82.1 Å². The van der Waals surface area contributed by atoms with Gasteiger partial charge in [-0.05, 0) is 65.4 Å². The molecule has 0 radical (unpaired) electrons. The number of thiophene rings is 1. The number of methoxy groups -OCH3 is 1. The third-order valence-electron chi connectivity index (χ3n) is 4.61. The molecule has 0 aliphatic heterocycles. The fraction of sp³-hybridized carbons (Fsp3) is 0.208. The predicted octanol–water partition coefficient (Wildman–Crippen LogP) is 5.18. The average Bonchev–Trinajstić information content (AvgIpc) is 3.14. The van der Waals surface area contributed by atoms with Crippen molar-refractivity contribution in [3.8, 4) is 16.9 Å². The van der Waals surface area contributed by atoms with Crippen molar-refractivity contribution in [2.24, 2.45) is 0 Å². The van der Waals surface area contributed by atoms with Gasteiger partial charge in [0.15, 0.2) is 0 Å². The minimum atomic E-state index is -0.822. The molecule has 0 spiro atoms. The quantitative estimate of drug-likeness (QED) is 0.559. The standard InChI is InChI=1S/C24H25NO3S/c1-17-13-23(29-16-17)22(11-12-25(2)15-24(26)27)19-9-7-18(8-10-19)20-5-4-6-21(14-20)28-3/h4-11,13-14,16H,12,15H2,1-3H3,(H,26,27)/b22-11-. The highest BCUT2D eigenvalue weighted by molar-refractivity contribution is 7.11. The summed E-state index contributed by atoms with van der Waals surface area (Å²) in [7, 11) is 3.48. The second kappa shape index (κ2) is 9.54. The molecule has 0 aliphatic carbocycles. The van der Waals surface area contributed by atoms with Gasteiger partial charge in [-0.2, -0.15) is 0 Å². The summed E-state index contributed by atoms with van der Waals surface area (Å²) in [6, 6.07) is 18.6. The van der Waals surface area contributed by atoms with Gasteiger partial charge in [0.05, 0.1) is 13.7 Å². The Hall–Kier alpha value is -2.89. The highest BCUT2D eigenvalue weighted by Gasteiger charge is 2.10. The number of carboxylic acids is 1. The summed E-state index contributed by atoms with van der Waals surface area (Å²) in [5, 5.41) is 11.1. The zero-order valence-electron chi connectivity index (χ0n) is 16.9. The summed E-state index contributed by atoms with van der Waals surface area (Å²) >= 11 is 1.70. The fourth-order valence-electron chi connectivity index (χ4n) is 3.12. The fourth-order valence-corrected chi connectivity index (χ4v) is 4.08. The topological polar surface area (TPSA) is 49.8 Å². The summed E-state index contributed by atoms with van der Waals surface area (Å²) in [5.41, 5.74) is 5.69. The number of benzene rings is 2. The van der Waals surface area contributed by atoms with Crippen LogP contribution in [-0.4, -0.2) is 43.2 Å². The van der Waals surface area contributed by atoms with E-state index in [2.05, 4.69) is 54.8 Å². The van der Waals surface area contributed by atoms with E-state index in [1.54, 1.807) is 23.3 Å². The lowest BCUT2D eigenvalue weighted by atomic mass is 9.99. The first-order valence-corrected chi connectivity index (χ1v) is 10.2. The number of carbonyl (C=O) groups is 1. The van der Waals surface area contributed by atoms with Gasteiger partial charge in [-0.15, -0.1) is 11.3 Å². The molecule has 0 amide bonds. The number of hydrogen-bond acceptors (Lipinski definition) is 4. The molecule has 2 aromatic carbocycles. The van der Waals surface area contributed by atoms with Crippen LogP contribution in [0.4, 0.5) is 0 Å². The number of ether oxygens (including phenoxy) is 1. The molecule has 5 heteroatoms. The smallest absolute Gasteiger partial charge is 0.317 e. The Morgan fingerprint density at radius 1 is 1.14 bits per heavy atom. The van der Waals surface area contributed by atoms with E-state index in [9.17, 15) is 4.79 Å². The Morgan fingerprint density at radius 3 is 2.52 bits per heavy atom. The van der Waals surface area contributed by atoms with Crippen LogP contribution in [0.3, 0.4) is 0 Å². The average molecular weight is 408 g/mol. The second-order valence-electron chi connectivity index (χ2n) is 7.01. The van der Waals surface area contributed by atoms with E-state index in [1.165, 1.54) is 10.4 Å². The van der Waals surface area contributed by atoms with Crippen LogP contribution >= 0.6 is 11.3 Å². The maximum absolute atomic E-state index is 10.9. The zero-order chi connectivity index (χ0) is 20.8. The third kappa shape index (κ3) is 5.56. The molecule has 0 saturated heterocycles. The Morgan fingerprint density at radius 2 is 1.90 bits per heavy atom. The van der Waals surface area contributed by atoms with E-state index in [4.69, 9.17) is 9.84 Å². The van der Waals surface area contributed by atoms with Gasteiger partial charge in [0, 0.05) is 11.4 Å². The summed E-state index contributed by atoms with van der Waals surface area (Å²) in [6.45, 7) is 2.66. The normalized spacial score (nSPS) is 11.7. The molecule has 3 rings (SSSR count). The number of aliphatic carboxylic acids is 1. The number of nitrogens with zero attached hydrogens (tertiary/aromatic N) is 1. The van der Waals surface area contributed by atoms with E-state index in [-0.39, 0.29) is 6.54 Å². The van der Waals surface area contributed by atoms with Crippen LogP contribution in [-0.2, 0) is 4.79 Å². The molecule has 0 saturated carbocycles. The first-order valence-electron chi connectivity index (χ1n) is 9.37. The first-order chi connectivity index (χ1) is 14.0.